The van der Waals surface area contributed by atoms with E-state index in [0.29, 0.717) is 36.0 Å². The fourth-order valence-corrected chi connectivity index (χ4v) is 2.47. The van der Waals surface area contributed by atoms with Gasteiger partial charge in [0.2, 0.25) is 11.8 Å². The summed E-state index contributed by atoms with van der Waals surface area (Å²) in [5.41, 5.74) is 1.82. The van der Waals surface area contributed by atoms with E-state index in [9.17, 15) is 4.79 Å². The second kappa shape index (κ2) is 10.4. The molecule has 1 N–H and O–H groups in total. The minimum Gasteiger partial charge on any atom is -1.00 e. The van der Waals surface area contributed by atoms with Crippen molar-refractivity contribution in [1.29, 1.82) is 0 Å². The molecule has 3 rings (SSSR count). The van der Waals surface area contributed by atoms with Crippen LogP contribution in [0.2, 0.25) is 0 Å². The van der Waals surface area contributed by atoms with Crippen LogP contribution in [0.4, 0.5) is 5.69 Å². The van der Waals surface area contributed by atoms with Gasteiger partial charge in [0.05, 0.1) is 25.4 Å². The Morgan fingerprint density at radius 1 is 1.07 bits per heavy atom. The monoisotopic (exact) mass is 443 g/mol. The smallest absolute Gasteiger partial charge is 0.230 e. The number of nitrogens with zero attached hydrogens (tertiary/aromatic N) is 2. The molecule has 7 heteroatoms. The van der Waals surface area contributed by atoms with Gasteiger partial charge in [-0.15, -0.1) is 0 Å². The van der Waals surface area contributed by atoms with E-state index in [2.05, 4.69) is 10.3 Å². The summed E-state index contributed by atoms with van der Waals surface area (Å²) in [6.45, 7) is 2.65. The number of halogens is 1. The summed E-state index contributed by atoms with van der Waals surface area (Å²) in [6.07, 6.45) is 5.89. The molecule has 3 aromatic rings. The van der Waals surface area contributed by atoms with Gasteiger partial charge in [0, 0.05) is 18.2 Å². The van der Waals surface area contributed by atoms with Crippen molar-refractivity contribution in [3.05, 3.63) is 72.7 Å². The summed E-state index contributed by atoms with van der Waals surface area (Å²) in [5.74, 6) is 1.57. The molecule has 0 aliphatic heterocycles. The van der Waals surface area contributed by atoms with Crippen LogP contribution in [0.3, 0.4) is 0 Å². The van der Waals surface area contributed by atoms with E-state index in [0.717, 1.165) is 0 Å². The summed E-state index contributed by atoms with van der Waals surface area (Å²) < 4.78 is 13.0. The molecule has 6 nitrogen and oxygen atoms in total. The number of anilines is 1. The minimum atomic E-state index is -0.0664. The van der Waals surface area contributed by atoms with Crippen LogP contribution in [-0.2, 0) is 11.3 Å². The van der Waals surface area contributed by atoms with E-state index >= 15 is 0 Å². The zero-order chi connectivity index (χ0) is 19.1. The number of para-hydroxylation sites is 2. The first kappa shape index (κ1) is 21.4. The summed E-state index contributed by atoms with van der Waals surface area (Å²) in [6, 6.07) is 14.8. The molecule has 2 heterocycles. The number of benzene rings is 1. The maximum absolute atomic E-state index is 12.1. The van der Waals surface area contributed by atoms with Crippen LogP contribution in [0.5, 0.6) is 17.4 Å². The van der Waals surface area contributed by atoms with E-state index in [-0.39, 0.29) is 22.9 Å². The number of aryl methyl sites for hydroxylation is 2. The summed E-state index contributed by atoms with van der Waals surface area (Å²) in [5, 5.41) is 2.84. The van der Waals surface area contributed by atoms with Crippen molar-refractivity contribution in [3.63, 3.8) is 0 Å². The van der Waals surface area contributed by atoms with Crippen LogP contribution in [-0.4, -0.2) is 18.0 Å². The average Bonchev–Trinajstić information content (AvgIpc) is 2.69. The zero-order valence-corrected chi connectivity index (χ0v) is 17.3. The highest BCUT2D eigenvalue weighted by Crippen LogP contribution is 2.30. The van der Waals surface area contributed by atoms with Crippen molar-refractivity contribution in [3.8, 4) is 17.4 Å². The molecule has 0 spiro atoms. The van der Waals surface area contributed by atoms with Gasteiger partial charge in [-0.1, -0.05) is 12.1 Å². The Morgan fingerprint density at radius 3 is 2.43 bits per heavy atom. The molecule has 1 amide bonds. The first-order chi connectivity index (χ1) is 13.1. The van der Waals surface area contributed by atoms with Gasteiger partial charge < -0.3 is 31.8 Å². The summed E-state index contributed by atoms with van der Waals surface area (Å²) in [4.78, 5) is 16.3. The molecule has 0 aliphatic carbocycles. The maximum Gasteiger partial charge on any atom is 0.230 e. The predicted octanol–water partition coefficient (Wildman–Crippen LogP) is 0.511. The molecular formula is C21H22BrN3O3. The molecule has 1 aromatic carbocycles. The third-order valence-corrected chi connectivity index (χ3v) is 3.96. The Bertz CT molecular complexity index is 900. The fraction of sp³-hybridized carbons (Fsp3) is 0.190. The Hall–Kier alpha value is -2.93. The molecule has 0 saturated heterocycles. The standard InChI is InChI=1S/C21H21N3O3.BrH/c1-16-9-12-24(13-10-16)14-11-20(25)23-17-7-8-21(22-15-17)27-19-6-4-3-5-18(19)26-2;/h3-10,12-13,15H,11,14H2,1-2H3;1H. The lowest BCUT2D eigenvalue weighted by Crippen LogP contribution is -3.00. The molecule has 0 unspecified atom stereocenters. The Kier molecular flexibility index (Phi) is 7.95. The molecule has 146 valence electrons. The van der Waals surface area contributed by atoms with Crippen molar-refractivity contribution in [1.82, 2.24) is 4.98 Å². The van der Waals surface area contributed by atoms with Gasteiger partial charge in [-0.25, -0.2) is 9.55 Å². The Balaban J connectivity index is 0.00000280. The van der Waals surface area contributed by atoms with E-state index < -0.39 is 0 Å². The molecule has 28 heavy (non-hydrogen) atoms. The number of methoxy groups -OCH3 is 1. The lowest BCUT2D eigenvalue weighted by Gasteiger charge is -2.09. The molecule has 2 aromatic heterocycles. The summed E-state index contributed by atoms with van der Waals surface area (Å²) >= 11 is 0. The molecular weight excluding hydrogens is 422 g/mol. The van der Waals surface area contributed by atoms with Gasteiger partial charge in [-0.2, -0.15) is 0 Å². The predicted molar refractivity (Wildman–Crippen MR) is 102 cm³/mol. The fourth-order valence-electron chi connectivity index (χ4n) is 2.47. The van der Waals surface area contributed by atoms with Gasteiger partial charge in [0.25, 0.3) is 0 Å². The number of pyridine rings is 2. The summed E-state index contributed by atoms with van der Waals surface area (Å²) in [7, 11) is 1.59. The SMILES string of the molecule is COc1ccccc1Oc1ccc(NC(=O)CC[n+]2ccc(C)cc2)cn1.[Br-]. The number of aromatic nitrogens is 2. The number of amides is 1. The maximum atomic E-state index is 12.1. The van der Waals surface area contributed by atoms with E-state index in [4.69, 9.17) is 9.47 Å². The van der Waals surface area contributed by atoms with Crippen LogP contribution in [0.1, 0.15) is 12.0 Å². The molecule has 0 radical (unpaired) electrons. The quantitative estimate of drug-likeness (QED) is 0.540. The van der Waals surface area contributed by atoms with E-state index in [1.807, 2.05) is 54.2 Å². The van der Waals surface area contributed by atoms with Gasteiger partial charge in [0.1, 0.15) is 0 Å². The largest absolute Gasteiger partial charge is 1.00 e. The lowest BCUT2D eigenvalue weighted by molar-refractivity contribution is -0.695. The molecule has 0 aliphatic rings. The van der Waals surface area contributed by atoms with Gasteiger partial charge in [-0.05, 0) is 30.7 Å². The van der Waals surface area contributed by atoms with Crippen molar-refractivity contribution in [2.45, 2.75) is 19.9 Å². The van der Waals surface area contributed by atoms with Crippen molar-refractivity contribution >= 4 is 11.6 Å². The molecule has 0 bridgehead atoms. The zero-order valence-electron chi connectivity index (χ0n) is 15.8. The number of ether oxygens (including phenoxy) is 2. The lowest BCUT2D eigenvalue weighted by atomic mass is 10.3. The van der Waals surface area contributed by atoms with Crippen molar-refractivity contribution in [2.24, 2.45) is 0 Å². The number of rotatable bonds is 7. The number of hydrogen-bond acceptors (Lipinski definition) is 4. The second-order valence-electron chi connectivity index (χ2n) is 6.05. The Morgan fingerprint density at radius 2 is 1.79 bits per heavy atom. The van der Waals surface area contributed by atoms with Crippen LogP contribution >= 0.6 is 0 Å². The number of hydrogen-bond donors (Lipinski definition) is 1. The van der Waals surface area contributed by atoms with E-state index in [1.165, 1.54) is 5.56 Å². The molecule has 0 atom stereocenters. The Labute approximate surface area is 174 Å². The topological polar surface area (TPSA) is 64.3 Å². The average molecular weight is 444 g/mol. The van der Waals surface area contributed by atoms with Crippen molar-refractivity contribution in [2.75, 3.05) is 12.4 Å². The van der Waals surface area contributed by atoms with Crippen molar-refractivity contribution < 1.29 is 35.8 Å². The van der Waals surface area contributed by atoms with Gasteiger partial charge in [-0.3, -0.25) is 4.79 Å². The van der Waals surface area contributed by atoms with Crippen LogP contribution in [0.25, 0.3) is 0 Å². The number of carbonyl (C=O) groups is 1. The van der Waals surface area contributed by atoms with Gasteiger partial charge >= 0.3 is 0 Å². The third-order valence-electron chi connectivity index (χ3n) is 3.96. The van der Waals surface area contributed by atoms with Crippen LogP contribution in [0, 0.1) is 6.92 Å². The molecule has 0 fully saturated rings. The van der Waals surface area contributed by atoms with Crippen LogP contribution < -0.4 is 36.3 Å². The number of nitrogens with one attached hydrogen (secondary N) is 1. The number of carbonyl (C=O) groups excluding carboxylic acids is 1. The minimum absolute atomic E-state index is 0. The van der Waals surface area contributed by atoms with E-state index in [1.54, 1.807) is 31.5 Å². The highest BCUT2D eigenvalue weighted by atomic mass is 79.9. The highest BCUT2D eigenvalue weighted by molar-refractivity contribution is 5.90. The highest BCUT2D eigenvalue weighted by Gasteiger charge is 2.09. The third kappa shape index (κ3) is 6.06. The van der Waals surface area contributed by atoms with Crippen LogP contribution in [0.15, 0.2) is 67.1 Å². The van der Waals surface area contributed by atoms with Gasteiger partial charge in [0.15, 0.2) is 30.4 Å². The molecule has 0 saturated carbocycles. The first-order valence-corrected chi connectivity index (χ1v) is 8.66. The normalized spacial score (nSPS) is 9.93. The second-order valence-corrected chi connectivity index (χ2v) is 6.05. The first-order valence-electron chi connectivity index (χ1n) is 8.66.